The van der Waals surface area contributed by atoms with Gasteiger partial charge in [-0.15, -0.1) is 0 Å². The van der Waals surface area contributed by atoms with Gasteiger partial charge in [-0.3, -0.25) is 0 Å². The normalized spacial score (nSPS) is 10.4. The molecular weight excluding hydrogens is 244 g/mol. The molecule has 0 saturated carbocycles. The highest BCUT2D eigenvalue weighted by Gasteiger charge is 2.07. The number of nitrogens with one attached hydrogen (secondary N) is 1. The Bertz CT molecular complexity index is 484. The largest absolute Gasteiger partial charge is 0.394 e. The molecule has 4 nitrogen and oxygen atoms in total. The number of anilines is 2. The molecule has 0 bridgehead atoms. The fraction of sp³-hybridized carbons (Fsp3) is 0.200. The summed E-state index contributed by atoms with van der Waals surface area (Å²) in [6.07, 6.45) is 0. The number of hydrogen-bond donors (Lipinski definition) is 2. The van der Waals surface area contributed by atoms with Crippen molar-refractivity contribution in [2.75, 3.05) is 11.1 Å². The molecule has 0 atom stereocenters. The van der Waals surface area contributed by atoms with Gasteiger partial charge in [-0.25, -0.2) is 4.98 Å². The van der Waals surface area contributed by atoms with Crippen LogP contribution in [-0.4, -0.2) is 9.97 Å². The maximum Gasteiger partial charge on any atom is 0.224 e. The smallest absolute Gasteiger partial charge is 0.224 e. The third-order valence-electron chi connectivity index (χ3n) is 2.15. The Kier molecular flexibility index (Phi) is 3.26. The molecular formula is C10H11ClN4S. The maximum atomic E-state index is 5.85. The Labute approximate surface area is 102 Å². The lowest BCUT2D eigenvalue weighted by molar-refractivity contribution is 1.06. The Morgan fingerprint density at radius 3 is 3.00 bits per heavy atom. The van der Waals surface area contributed by atoms with E-state index in [2.05, 4.69) is 20.7 Å². The first-order chi connectivity index (χ1) is 7.66. The van der Waals surface area contributed by atoms with Crippen LogP contribution in [0.3, 0.4) is 0 Å². The van der Waals surface area contributed by atoms with Crippen molar-refractivity contribution in [3.63, 3.8) is 0 Å². The van der Waals surface area contributed by atoms with Gasteiger partial charge in [-0.05, 0) is 40.9 Å². The monoisotopic (exact) mass is 254 g/mol. The zero-order valence-electron chi connectivity index (χ0n) is 8.70. The Morgan fingerprint density at radius 2 is 2.31 bits per heavy atom. The molecule has 0 aliphatic heterocycles. The van der Waals surface area contributed by atoms with E-state index in [1.165, 1.54) is 5.56 Å². The lowest BCUT2D eigenvalue weighted by Crippen LogP contribution is -2.07. The summed E-state index contributed by atoms with van der Waals surface area (Å²) in [6.45, 7) is 2.49. The second kappa shape index (κ2) is 4.67. The van der Waals surface area contributed by atoms with Gasteiger partial charge in [0.2, 0.25) is 5.28 Å². The van der Waals surface area contributed by atoms with E-state index in [1.54, 1.807) is 18.3 Å². The second-order valence-corrected chi connectivity index (χ2v) is 4.44. The van der Waals surface area contributed by atoms with Gasteiger partial charge in [-0.2, -0.15) is 16.3 Å². The molecule has 3 N–H and O–H groups in total. The predicted octanol–water partition coefficient (Wildman–Crippen LogP) is 2.69. The van der Waals surface area contributed by atoms with Crippen LogP contribution in [0, 0.1) is 6.92 Å². The van der Waals surface area contributed by atoms with E-state index in [9.17, 15) is 0 Å². The molecule has 84 valence electrons. The fourth-order valence-electron chi connectivity index (χ4n) is 1.26. The van der Waals surface area contributed by atoms with Crippen LogP contribution in [0.4, 0.5) is 11.5 Å². The minimum absolute atomic E-state index is 0.208. The Morgan fingerprint density at radius 1 is 1.50 bits per heavy atom. The topological polar surface area (TPSA) is 63.8 Å². The molecule has 2 aromatic rings. The summed E-state index contributed by atoms with van der Waals surface area (Å²) in [4.78, 5) is 8.02. The molecule has 0 amide bonds. The summed E-state index contributed by atoms with van der Waals surface area (Å²) in [5, 5.41) is 7.45. The number of halogens is 1. The van der Waals surface area contributed by atoms with Crippen LogP contribution in [0.25, 0.3) is 0 Å². The molecule has 2 aromatic heterocycles. The molecule has 2 rings (SSSR count). The van der Waals surface area contributed by atoms with Gasteiger partial charge in [0.25, 0.3) is 0 Å². The van der Waals surface area contributed by atoms with Gasteiger partial charge in [-0.1, -0.05) is 0 Å². The van der Waals surface area contributed by atoms with Crippen LogP contribution in [0.1, 0.15) is 11.3 Å². The first-order valence-corrected chi connectivity index (χ1v) is 6.03. The van der Waals surface area contributed by atoms with Gasteiger partial charge < -0.3 is 11.1 Å². The standard InChI is InChI=1S/C10H11ClN4S/c1-6-8(12)9(15-10(11)14-6)13-4-7-2-3-16-5-7/h2-3,5H,4,12H2,1H3,(H,13,14,15). The van der Waals surface area contributed by atoms with Crippen molar-refractivity contribution in [2.24, 2.45) is 0 Å². The molecule has 2 heterocycles. The van der Waals surface area contributed by atoms with Gasteiger partial charge in [0, 0.05) is 6.54 Å². The van der Waals surface area contributed by atoms with Crippen molar-refractivity contribution in [3.8, 4) is 0 Å². The molecule has 0 spiro atoms. The van der Waals surface area contributed by atoms with Gasteiger partial charge in [0.1, 0.15) is 0 Å². The quantitative estimate of drug-likeness (QED) is 0.827. The number of nitrogens with two attached hydrogens (primary N) is 1. The maximum absolute atomic E-state index is 5.85. The van der Waals surface area contributed by atoms with E-state index in [0.29, 0.717) is 23.7 Å². The highest BCUT2D eigenvalue weighted by Crippen LogP contribution is 2.21. The molecule has 0 radical (unpaired) electrons. The molecule has 0 unspecified atom stereocenters. The van der Waals surface area contributed by atoms with Crippen LogP contribution >= 0.6 is 22.9 Å². The van der Waals surface area contributed by atoms with Crippen molar-refractivity contribution in [1.29, 1.82) is 0 Å². The van der Waals surface area contributed by atoms with Crippen molar-refractivity contribution >= 4 is 34.4 Å². The molecule has 0 aliphatic rings. The van der Waals surface area contributed by atoms with E-state index < -0.39 is 0 Å². The Hall–Kier alpha value is -1.33. The summed E-state index contributed by atoms with van der Waals surface area (Å²) in [5.74, 6) is 0.587. The van der Waals surface area contributed by atoms with Crippen LogP contribution in [-0.2, 0) is 6.54 Å². The number of aromatic nitrogens is 2. The van der Waals surface area contributed by atoms with Crippen molar-refractivity contribution in [1.82, 2.24) is 9.97 Å². The van der Waals surface area contributed by atoms with E-state index in [4.69, 9.17) is 17.3 Å². The fourth-order valence-corrected chi connectivity index (χ4v) is 2.14. The van der Waals surface area contributed by atoms with Gasteiger partial charge >= 0.3 is 0 Å². The summed E-state index contributed by atoms with van der Waals surface area (Å²) < 4.78 is 0. The van der Waals surface area contributed by atoms with Gasteiger partial charge in [0.05, 0.1) is 11.4 Å². The summed E-state index contributed by atoms with van der Waals surface area (Å²) in [7, 11) is 0. The number of thiophene rings is 1. The molecule has 16 heavy (non-hydrogen) atoms. The first-order valence-electron chi connectivity index (χ1n) is 4.71. The summed E-state index contributed by atoms with van der Waals surface area (Å²) in [6, 6.07) is 2.05. The van der Waals surface area contributed by atoms with Crippen LogP contribution in [0.5, 0.6) is 0 Å². The van der Waals surface area contributed by atoms with Crippen molar-refractivity contribution in [3.05, 3.63) is 33.4 Å². The van der Waals surface area contributed by atoms with Gasteiger partial charge in [0.15, 0.2) is 5.82 Å². The summed E-state index contributed by atoms with van der Waals surface area (Å²) in [5.41, 5.74) is 8.27. The van der Waals surface area contributed by atoms with Crippen LogP contribution < -0.4 is 11.1 Å². The molecule has 6 heteroatoms. The number of nitrogen functional groups attached to an aromatic ring is 1. The SMILES string of the molecule is Cc1nc(Cl)nc(NCc2ccsc2)c1N. The minimum atomic E-state index is 0.208. The predicted molar refractivity (Wildman–Crippen MR) is 67.8 cm³/mol. The van der Waals surface area contributed by atoms with E-state index in [1.807, 2.05) is 11.4 Å². The lowest BCUT2D eigenvalue weighted by atomic mass is 10.3. The average molecular weight is 255 g/mol. The number of nitrogens with zero attached hydrogens (tertiary/aromatic N) is 2. The molecule has 0 aromatic carbocycles. The van der Waals surface area contributed by atoms with Crippen molar-refractivity contribution in [2.45, 2.75) is 13.5 Å². The third-order valence-corrected chi connectivity index (χ3v) is 3.05. The van der Waals surface area contributed by atoms with Crippen LogP contribution in [0.15, 0.2) is 16.8 Å². The van der Waals surface area contributed by atoms with E-state index in [-0.39, 0.29) is 5.28 Å². The lowest BCUT2D eigenvalue weighted by Gasteiger charge is -2.09. The highest BCUT2D eigenvalue weighted by molar-refractivity contribution is 7.07. The molecule has 0 aliphatic carbocycles. The highest BCUT2D eigenvalue weighted by atomic mass is 35.5. The first kappa shape index (κ1) is 11.2. The van der Waals surface area contributed by atoms with Crippen molar-refractivity contribution < 1.29 is 0 Å². The second-order valence-electron chi connectivity index (χ2n) is 3.33. The molecule has 0 fully saturated rings. The molecule has 0 saturated heterocycles. The average Bonchev–Trinajstić information content (AvgIpc) is 2.74. The van der Waals surface area contributed by atoms with E-state index >= 15 is 0 Å². The number of aryl methyl sites for hydroxylation is 1. The zero-order chi connectivity index (χ0) is 11.5. The van der Waals surface area contributed by atoms with E-state index in [0.717, 1.165) is 0 Å². The minimum Gasteiger partial charge on any atom is -0.394 e. The Balaban J connectivity index is 2.15. The van der Waals surface area contributed by atoms with Crippen LogP contribution in [0.2, 0.25) is 5.28 Å². The number of rotatable bonds is 3. The zero-order valence-corrected chi connectivity index (χ0v) is 10.3. The summed E-state index contributed by atoms with van der Waals surface area (Å²) >= 11 is 7.42. The third kappa shape index (κ3) is 2.43. The number of hydrogen-bond acceptors (Lipinski definition) is 5.